The van der Waals surface area contributed by atoms with E-state index in [9.17, 15) is 9.90 Å². The second-order valence-electron chi connectivity index (χ2n) is 5.47. The topological polar surface area (TPSA) is 68.2 Å². The molecule has 106 valence electrons. The zero-order valence-electron chi connectivity index (χ0n) is 11.7. The van der Waals surface area contributed by atoms with Gasteiger partial charge in [-0.3, -0.25) is 4.90 Å². The summed E-state index contributed by atoms with van der Waals surface area (Å²) in [6.45, 7) is 5.51. The first-order chi connectivity index (χ1) is 8.27. The summed E-state index contributed by atoms with van der Waals surface area (Å²) in [5.41, 5.74) is -0.567. The normalized spacial score (nSPS) is 23.2. The highest BCUT2D eigenvalue weighted by Crippen LogP contribution is 2.31. The van der Waals surface area contributed by atoms with E-state index >= 15 is 0 Å². The van der Waals surface area contributed by atoms with E-state index in [1.165, 1.54) is 19.1 Å². The second-order valence-corrected chi connectivity index (χ2v) is 5.47. The average Bonchev–Trinajstić information content (AvgIpc) is 2.67. The molecule has 1 rings (SSSR count). The summed E-state index contributed by atoms with van der Waals surface area (Å²) in [6.07, 6.45) is -0.0343. The molecule has 0 saturated carbocycles. The van der Waals surface area contributed by atoms with Crippen LogP contribution in [-0.4, -0.2) is 60.9 Å². The Kier molecular flexibility index (Phi) is 4.58. The Bertz CT molecular complexity index is 295. The zero-order chi connectivity index (χ0) is 14.0. The molecule has 0 bridgehead atoms. The number of hydrogen-bond donors (Lipinski definition) is 1. The van der Waals surface area contributed by atoms with Crippen molar-refractivity contribution in [1.29, 1.82) is 0 Å². The van der Waals surface area contributed by atoms with Crippen LogP contribution in [0.1, 0.15) is 27.2 Å². The molecule has 6 nitrogen and oxygen atoms in total. The highest BCUT2D eigenvalue weighted by Gasteiger charge is 2.47. The van der Waals surface area contributed by atoms with Crippen LogP contribution in [0.5, 0.6) is 0 Å². The van der Waals surface area contributed by atoms with Crippen LogP contribution in [0.15, 0.2) is 0 Å². The minimum atomic E-state index is -0.857. The highest BCUT2D eigenvalue weighted by atomic mass is 16.7. The molecule has 0 spiro atoms. The van der Waals surface area contributed by atoms with E-state index in [-0.39, 0.29) is 19.2 Å². The molecule has 1 fully saturated rings. The molecule has 1 aliphatic rings. The summed E-state index contributed by atoms with van der Waals surface area (Å²) < 4.78 is 15.9. The van der Waals surface area contributed by atoms with Gasteiger partial charge in [0.05, 0.1) is 19.2 Å². The van der Waals surface area contributed by atoms with Gasteiger partial charge in [-0.05, 0) is 20.8 Å². The minimum absolute atomic E-state index is 0.145. The number of amides is 1. The second kappa shape index (κ2) is 5.42. The van der Waals surface area contributed by atoms with E-state index in [2.05, 4.69) is 0 Å². The summed E-state index contributed by atoms with van der Waals surface area (Å²) in [5, 5.41) is 9.35. The molecule has 1 heterocycles. The van der Waals surface area contributed by atoms with Crippen LogP contribution in [0.3, 0.4) is 0 Å². The Morgan fingerprint density at radius 3 is 2.33 bits per heavy atom. The number of rotatable bonds is 3. The average molecular weight is 261 g/mol. The maximum absolute atomic E-state index is 12.0. The molecule has 0 aromatic heterocycles. The molecule has 1 saturated heterocycles. The van der Waals surface area contributed by atoms with E-state index in [0.29, 0.717) is 6.42 Å². The highest BCUT2D eigenvalue weighted by molar-refractivity contribution is 5.69. The van der Waals surface area contributed by atoms with Crippen molar-refractivity contribution in [3.05, 3.63) is 0 Å². The molecule has 18 heavy (non-hydrogen) atoms. The molecule has 0 aromatic carbocycles. The van der Waals surface area contributed by atoms with E-state index in [1.54, 1.807) is 20.8 Å². The summed E-state index contributed by atoms with van der Waals surface area (Å²) in [7, 11) is 3.05. The van der Waals surface area contributed by atoms with Crippen molar-refractivity contribution in [3.8, 4) is 0 Å². The van der Waals surface area contributed by atoms with Crippen molar-refractivity contribution in [2.75, 3.05) is 27.4 Å². The fraction of sp³-hybridized carbons (Fsp3) is 0.917. The largest absolute Gasteiger partial charge is 0.444 e. The van der Waals surface area contributed by atoms with Gasteiger partial charge in [0.2, 0.25) is 0 Å². The van der Waals surface area contributed by atoms with Gasteiger partial charge in [0.25, 0.3) is 0 Å². The lowest BCUT2D eigenvalue weighted by Crippen LogP contribution is -2.43. The number of nitrogens with zero attached hydrogens (tertiary/aromatic N) is 1. The molecule has 6 heteroatoms. The molecule has 1 N–H and O–H groups in total. The lowest BCUT2D eigenvalue weighted by atomic mass is 10.1. The van der Waals surface area contributed by atoms with Gasteiger partial charge >= 0.3 is 6.09 Å². The van der Waals surface area contributed by atoms with Crippen molar-refractivity contribution in [3.63, 3.8) is 0 Å². The molecule has 0 unspecified atom stereocenters. The van der Waals surface area contributed by atoms with E-state index in [1.807, 2.05) is 0 Å². The Morgan fingerprint density at radius 2 is 1.94 bits per heavy atom. The summed E-state index contributed by atoms with van der Waals surface area (Å²) in [5.74, 6) is -0.857. The first-order valence-electron chi connectivity index (χ1n) is 5.97. The van der Waals surface area contributed by atoms with Gasteiger partial charge in [0, 0.05) is 20.6 Å². The number of carbonyl (C=O) groups excluding carboxylic acids is 1. The predicted octanol–water partition coefficient (Wildman–Crippen LogP) is 0.977. The van der Waals surface area contributed by atoms with Gasteiger partial charge in [-0.1, -0.05) is 0 Å². The standard InChI is InChI=1S/C12H23NO5/c1-11(2,3)18-10(15)13-8-12(16-4,17-5)6-9(13)7-14/h9,14H,6-8H2,1-5H3/t9-/m0/s1. The molecule has 0 radical (unpaired) electrons. The third-order valence-electron chi connectivity index (χ3n) is 2.98. The van der Waals surface area contributed by atoms with Crippen molar-refractivity contribution in [1.82, 2.24) is 4.90 Å². The monoisotopic (exact) mass is 261 g/mol. The Balaban J connectivity index is 2.79. The third-order valence-corrected chi connectivity index (χ3v) is 2.98. The molecule has 0 aliphatic carbocycles. The van der Waals surface area contributed by atoms with Crippen LogP contribution in [-0.2, 0) is 14.2 Å². The van der Waals surface area contributed by atoms with Crippen LogP contribution in [0.2, 0.25) is 0 Å². The van der Waals surface area contributed by atoms with Gasteiger partial charge in [-0.15, -0.1) is 0 Å². The number of hydrogen-bond acceptors (Lipinski definition) is 5. The number of aliphatic hydroxyl groups is 1. The molecule has 1 amide bonds. The summed E-state index contributed by atoms with van der Waals surface area (Å²) in [6, 6.07) is -0.347. The van der Waals surface area contributed by atoms with Gasteiger partial charge < -0.3 is 19.3 Å². The van der Waals surface area contributed by atoms with Crippen LogP contribution in [0, 0.1) is 0 Å². The van der Waals surface area contributed by atoms with Crippen molar-refractivity contribution in [2.24, 2.45) is 0 Å². The molecular weight excluding hydrogens is 238 g/mol. The van der Waals surface area contributed by atoms with E-state index in [4.69, 9.17) is 14.2 Å². The van der Waals surface area contributed by atoms with Crippen LogP contribution in [0.4, 0.5) is 4.79 Å². The maximum Gasteiger partial charge on any atom is 0.410 e. The fourth-order valence-electron chi connectivity index (χ4n) is 2.00. The molecular formula is C12H23NO5. The van der Waals surface area contributed by atoms with E-state index in [0.717, 1.165) is 0 Å². The molecule has 1 atom stereocenters. The van der Waals surface area contributed by atoms with Gasteiger partial charge in [-0.2, -0.15) is 0 Å². The van der Waals surface area contributed by atoms with E-state index < -0.39 is 17.5 Å². The maximum atomic E-state index is 12.0. The Morgan fingerprint density at radius 1 is 1.39 bits per heavy atom. The summed E-state index contributed by atoms with van der Waals surface area (Å²) in [4.78, 5) is 13.5. The fourth-order valence-corrected chi connectivity index (χ4v) is 2.00. The SMILES string of the molecule is COC1(OC)C[C@@H](CO)N(C(=O)OC(C)(C)C)C1. The van der Waals surface area contributed by atoms with Gasteiger partial charge in [0.15, 0.2) is 5.79 Å². The smallest absolute Gasteiger partial charge is 0.410 e. The number of aliphatic hydroxyl groups excluding tert-OH is 1. The predicted molar refractivity (Wildman–Crippen MR) is 65.2 cm³/mol. The number of likely N-dealkylation sites (tertiary alicyclic amines) is 1. The third kappa shape index (κ3) is 3.34. The number of ether oxygens (including phenoxy) is 3. The van der Waals surface area contributed by atoms with Gasteiger partial charge in [0.1, 0.15) is 5.60 Å². The van der Waals surface area contributed by atoms with Crippen LogP contribution in [0.25, 0.3) is 0 Å². The summed E-state index contributed by atoms with van der Waals surface area (Å²) >= 11 is 0. The lowest BCUT2D eigenvalue weighted by Gasteiger charge is -2.28. The zero-order valence-corrected chi connectivity index (χ0v) is 11.7. The van der Waals surface area contributed by atoms with Crippen LogP contribution < -0.4 is 0 Å². The Labute approximate surface area is 108 Å². The Hall–Kier alpha value is -0.850. The number of methoxy groups -OCH3 is 2. The quantitative estimate of drug-likeness (QED) is 0.767. The first-order valence-corrected chi connectivity index (χ1v) is 5.97. The minimum Gasteiger partial charge on any atom is -0.444 e. The molecule has 0 aromatic rings. The first kappa shape index (κ1) is 15.2. The van der Waals surface area contributed by atoms with Gasteiger partial charge in [-0.25, -0.2) is 4.79 Å². The van der Waals surface area contributed by atoms with Crippen LogP contribution >= 0.6 is 0 Å². The number of carbonyl (C=O) groups is 1. The molecule has 1 aliphatic heterocycles. The van der Waals surface area contributed by atoms with Crippen molar-refractivity contribution >= 4 is 6.09 Å². The van der Waals surface area contributed by atoms with Crippen molar-refractivity contribution < 1.29 is 24.1 Å². The van der Waals surface area contributed by atoms with Crippen molar-refractivity contribution in [2.45, 2.75) is 44.6 Å². The lowest BCUT2D eigenvalue weighted by molar-refractivity contribution is -0.195.